The second kappa shape index (κ2) is 2.56. The van der Waals surface area contributed by atoms with E-state index in [2.05, 4.69) is 0 Å². The van der Waals surface area contributed by atoms with Crippen molar-refractivity contribution in [2.75, 3.05) is 0 Å². The first-order chi connectivity index (χ1) is 6.79. The molecule has 0 radical (unpaired) electrons. The van der Waals surface area contributed by atoms with Gasteiger partial charge in [0.15, 0.2) is 0 Å². The van der Waals surface area contributed by atoms with E-state index in [9.17, 15) is 10.2 Å². The van der Waals surface area contributed by atoms with Crippen molar-refractivity contribution in [1.82, 2.24) is 0 Å². The van der Waals surface area contributed by atoms with Crippen LogP contribution in [0.5, 0.6) is 0 Å². The number of aliphatic hydroxyl groups is 2. The molecule has 0 aromatic rings. The Morgan fingerprint density at radius 1 is 0.786 bits per heavy atom. The average molecular weight is 186 g/mol. The molecule has 0 unspecified atom stereocenters. The highest BCUT2D eigenvalue weighted by atomic mass is 16.3. The van der Waals surface area contributed by atoms with Crippen LogP contribution in [0.4, 0.5) is 0 Å². The summed E-state index contributed by atoms with van der Waals surface area (Å²) in [7, 11) is 0. The minimum atomic E-state index is -0.783. The molecule has 3 aliphatic carbocycles. The van der Waals surface area contributed by atoms with Gasteiger partial charge in [-0.3, -0.25) is 0 Å². The van der Waals surface area contributed by atoms with Crippen LogP contribution in [0.2, 0.25) is 0 Å². The summed E-state index contributed by atoms with van der Waals surface area (Å²) in [5, 5.41) is 19.7. The van der Waals surface area contributed by atoms with E-state index in [0.717, 1.165) is 22.3 Å². The zero-order valence-electron chi connectivity index (χ0n) is 7.51. The van der Waals surface area contributed by atoms with Crippen LogP contribution >= 0.6 is 0 Å². The van der Waals surface area contributed by atoms with Gasteiger partial charge in [-0.2, -0.15) is 0 Å². The fourth-order valence-electron chi connectivity index (χ4n) is 2.21. The van der Waals surface area contributed by atoms with E-state index in [0.29, 0.717) is 0 Å². The quantitative estimate of drug-likeness (QED) is 0.592. The molecule has 0 saturated heterocycles. The monoisotopic (exact) mass is 186 g/mol. The van der Waals surface area contributed by atoms with Gasteiger partial charge in [0.2, 0.25) is 0 Å². The zero-order chi connectivity index (χ0) is 9.71. The highest BCUT2D eigenvalue weighted by molar-refractivity contribution is 5.67. The third-order valence-corrected chi connectivity index (χ3v) is 2.93. The summed E-state index contributed by atoms with van der Waals surface area (Å²) in [6.45, 7) is 0. The Labute approximate surface area is 81.9 Å². The van der Waals surface area contributed by atoms with E-state index in [4.69, 9.17) is 0 Å². The smallest absolute Gasteiger partial charge is 0.110 e. The number of hydrogen-bond donors (Lipinski definition) is 2. The zero-order valence-corrected chi connectivity index (χ0v) is 7.51. The molecule has 2 heteroatoms. The maximum atomic E-state index is 9.83. The molecule has 0 fully saturated rings. The van der Waals surface area contributed by atoms with E-state index < -0.39 is 12.2 Å². The highest BCUT2D eigenvalue weighted by Gasteiger charge is 2.35. The molecule has 0 saturated carbocycles. The first-order valence-corrected chi connectivity index (χ1v) is 4.67. The number of allylic oxidation sites excluding steroid dienone is 6. The fourth-order valence-corrected chi connectivity index (χ4v) is 2.21. The van der Waals surface area contributed by atoms with Crippen LogP contribution in [0.3, 0.4) is 0 Å². The van der Waals surface area contributed by atoms with Gasteiger partial charge in [-0.1, -0.05) is 36.5 Å². The summed E-state index contributed by atoms with van der Waals surface area (Å²) < 4.78 is 0. The van der Waals surface area contributed by atoms with Gasteiger partial charge >= 0.3 is 0 Å². The molecule has 0 heterocycles. The molecule has 14 heavy (non-hydrogen) atoms. The molecule has 3 aliphatic rings. The molecule has 0 aliphatic heterocycles. The van der Waals surface area contributed by atoms with Gasteiger partial charge in [-0.25, -0.2) is 0 Å². The van der Waals surface area contributed by atoms with Gasteiger partial charge < -0.3 is 10.2 Å². The minimum absolute atomic E-state index is 0.783. The number of hydrogen-bond acceptors (Lipinski definition) is 2. The normalized spacial score (nSPS) is 33.0. The molecule has 0 bridgehead atoms. The largest absolute Gasteiger partial charge is 0.385 e. The topological polar surface area (TPSA) is 40.5 Å². The van der Waals surface area contributed by atoms with Crippen LogP contribution in [0.1, 0.15) is 0 Å². The fraction of sp³-hybridized carbons (Fsp3) is 0.167. The lowest BCUT2D eigenvalue weighted by molar-refractivity contribution is 0.0663. The van der Waals surface area contributed by atoms with Crippen molar-refractivity contribution in [1.29, 1.82) is 0 Å². The number of fused-ring (bicyclic) bond motifs is 2. The molecule has 0 amide bonds. The molecule has 0 aromatic heterocycles. The molecule has 2 nitrogen and oxygen atoms in total. The summed E-state index contributed by atoms with van der Waals surface area (Å²) in [5.74, 6) is 0. The van der Waals surface area contributed by atoms with Gasteiger partial charge in [0, 0.05) is 0 Å². The van der Waals surface area contributed by atoms with Crippen LogP contribution in [-0.4, -0.2) is 22.4 Å². The molecule has 2 atom stereocenters. The van der Waals surface area contributed by atoms with Crippen molar-refractivity contribution in [3.63, 3.8) is 0 Å². The molecule has 3 rings (SSSR count). The Kier molecular flexibility index (Phi) is 1.46. The summed E-state index contributed by atoms with van der Waals surface area (Å²) in [5.41, 5.74) is 3.75. The van der Waals surface area contributed by atoms with Crippen LogP contribution in [0.25, 0.3) is 0 Å². The molecular formula is C12H10O2. The number of rotatable bonds is 0. The van der Waals surface area contributed by atoms with Crippen molar-refractivity contribution in [3.8, 4) is 0 Å². The second-order valence-corrected chi connectivity index (χ2v) is 3.68. The Hall–Kier alpha value is -1.38. The highest BCUT2D eigenvalue weighted by Crippen LogP contribution is 2.39. The van der Waals surface area contributed by atoms with E-state index >= 15 is 0 Å². The first kappa shape index (κ1) is 7.97. The van der Waals surface area contributed by atoms with Gasteiger partial charge in [0.25, 0.3) is 0 Å². The van der Waals surface area contributed by atoms with Crippen LogP contribution in [0, 0.1) is 0 Å². The van der Waals surface area contributed by atoms with Gasteiger partial charge in [-0.15, -0.1) is 0 Å². The van der Waals surface area contributed by atoms with Crippen LogP contribution in [-0.2, 0) is 0 Å². The van der Waals surface area contributed by atoms with Crippen molar-refractivity contribution < 1.29 is 10.2 Å². The summed E-state index contributed by atoms with van der Waals surface area (Å²) in [6, 6.07) is 0. The lowest BCUT2D eigenvalue weighted by atomic mass is 9.83. The number of aliphatic hydroxyl groups excluding tert-OH is 2. The third-order valence-electron chi connectivity index (χ3n) is 2.93. The van der Waals surface area contributed by atoms with Gasteiger partial charge in [0.05, 0.1) is 0 Å². The predicted octanol–water partition coefficient (Wildman–Crippen LogP) is 1.01. The summed E-state index contributed by atoms with van der Waals surface area (Å²) in [4.78, 5) is 0. The van der Waals surface area contributed by atoms with E-state index in [1.54, 1.807) is 0 Å². The van der Waals surface area contributed by atoms with E-state index in [1.165, 1.54) is 0 Å². The van der Waals surface area contributed by atoms with Crippen molar-refractivity contribution >= 4 is 0 Å². The lowest BCUT2D eigenvalue weighted by Gasteiger charge is -2.28. The molecule has 70 valence electrons. The first-order valence-electron chi connectivity index (χ1n) is 4.67. The Balaban J connectivity index is 2.26. The predicted molar refractivity (Wildman–Crippen MR) is 53.5 cm³/mol. The Morgan fingerprint density at radius 2 is 1.21 bits per heavy atom. The maximum Gasteiger partial charge on any atom is 0.110 e. The van der Waals surface area contributed by atoms with Gasteiger partial charge in [-0.05, 0) is 22.3 Å². The average Bonchev–Trinajstić information content (AvgIpc) is 2.80. The Bertz CT molecular complexity index is 405. The van der Waals surface area contributed by atoms with Crippen LogP contribution in [0.15, 0.2) is 58.7 Å². The Morgan fingerprint density at radius 3 is 1.64 bits per heavy atom. The second-order valence-electron chi connectivity index (χ2n) is 3.68. The molecule has 0 spiro atoms. The molecular weight excluding hydrogens is 176 g/mol. The standard InChI is InChI=1S/C12H10O2/c13-11-9-5-1-3-7(9)8-4-2-6-10(8)12(11)14/h1-6,11-14H/t11-,12-/m0/s1. The van der Waals surface area contributed by atoms with E-state index in [-0.39, 0.29) is 0 Å². The third kappa shape index (κ3) is 0.820. The summed E-state index contributed by atoms with van der Waals surface area (Å²) in [6.07, 6.45) is 9.92. The van der Waals surface area contributed by atoms with E-state index in [1.807, 2.05) is 36.5 Å². The summed E-state index contributed by atoms with van der Waals surface area (Å²) >= 11 is 0. The minimum Gasteiger partial charge on any atom is -0.385 e. The van der Waals surface area contributed by atoms with Crippen molar-refractivity contribution in [2.45, 2.75) is 12.2 Å². The van der Waals surface area contributed by atoms with Crippen molar-refractivity contribution in [3.05, 3.63) is 58.7 Å². The molecule has 2 N–H and O–H groups in total. The van der Waals surface area contributed by atoms with Crippen LogP contribution < -0.4 is 0 Å². The lowest BCUT2D eigenvalue weighted by Crippen LogP contribution is -2.33. The maximum absolute atomic E-state index is 9.83. The van der Waals surface area contributed by atoms with Crippen molar-refractivity contribution in [2.24, 2.45) is 0 Å². The molecule has 0 aromatic carbocycles. The van der Waals surface area contributed by atoms with Gasteiger partial charge in [0.1, 0.15) is 12.2 Å². The SMILES string of the molecule is O[C@H]1C2=CC=CC2=C2C=CC=C2[C@@H]1O.